The van der Waals surface area contributed by atoms with E-state index in [-0.39, 0.29) is 12.2 Å². The van der Waals surface area contributed by atoms with Gasteiger partial charge in [0.1, 0.15) is 5.75 Å². The van der Waals surface area contributed by atoms with E-state index in [1.54, 1.807) is 47.4 Å². The summed E-state index contributed by atoms with van der Waals surface area (Å²) in [7, 11) is 1.52. The number of Topliss-reactive ketones (excluding diaryl/α,β-unsaturated/α-hetero) is 1. The molecule has 0 fully saturated rings. The summed E-state index contributed by atoms with van der Waals surface area (Å²) < 4.78 is 5.17. The molecule has 0 aromatic heterocycles. The molecule has 3 aromatic rings. The van der Waals surface area contributed by atoms with Crippen LogP contribution < -0.4 is 9.64 Å². The van der Waals surface area contributed by atoms with E-state index in [4.69, 9.17) is 4.74 Å². The summed E-state index contributed by atoms with van der Waals surface area (Å²) >= 11 is 0. The highest BCUT2D eigenvalue weighted by molar-refractivity contribution is 6.10. The minimum atomic E-state index is -1.90. The SMILES string of the molecule is COc1cccc(C(=O)C[C@@]2(O)C(=O)N(Cc3ccccc3)c3ccccc32)c1. The van der Waals surface area contributed by atoms with E-state index >= 15 is 0 Å². The summed E-state index contributed by atoms with van der Waals surface area (Å²) in [4.78, 5) is 27.7. The molecule has 0 bridgehead atoms. The van der Waals surface area contributed by atoms with E-state index in [0.717, 1.165) is 5.56 Å². The van der Waals surface area contributed by atoms with Gasteiger partial charge in [0.15, 0.2) is 11.4 Å². The number of para-hydroxylation sites is 1. The van der Waals surface area contributed by atoms with E-state index in [1.165, 1.54) is 7.11 Å². The molecule has 0 saturated carbocycles. The number of carbonyl (C=O) groups is 2. The Kier molecular flexibility index (Phi) is 4.91. The van der Waals surface area contributed by atoms with Gasteiger partial charge in [-0.3, -0.25) is 9.59 Å². The first kappa shape index (κ1) is 18.9. The van der Waals surface area contributed by atoms with Crippen LogP contribution in [0.3, 0.4) is 0 Å². The predicted molar refractivity (Wildman–Crippen MR) is 110 cm³/mol. The van der Waals surface area contributed by atoms with Crippen LogP contribution in [0.4, 0.5) is 5.69 Å². The maximum atomic E-state index is 13.3. The molecule has 1 atom stereocenters. The number of hydrogen-bond donors (Lipinski definition) is 1. The van der Waals surface area contributed by atoms with Crippen LogP contribution in [0.15, 0.2) is 78.9 Å². The smallest absolute Gasteiger partial charge is 0.264 e. The van der Waals surface area contributed by atoms with Gasteiger partial charge in [-0.25, -0.2) is 0 Å². The fourth-order valence-electron chi connectivity index (χ4n) is 3.73. The minimum absolute atomic E-state index is 0.323. The van der Waals surface area contributed by atoms with Crippen LogP contribution in [0.2, 0.25) is 0 Å². The number of methoxy groups -OCH3 is 1. The van der Waals surface area contributed by atoms with E-state index in [9.17, 15) is 14.7 Å². The molecule has 1 N–H and O–H groups in total. The molecular weight excluding hydrogens is 366 g/mol. The number of carbonyl (C=O) groups excluding carboxylic acids is 2. The average molecular weight is 387 g/mol. The summed E-state index contributed by atoms with van der Waals surface area (Å²) in [5, 5.41) is 11.4. The third kappa shape index (κ3) is 3.41. The Morgan fingerprint density at radius 3 is 2.48 bits per heavy atom. The zero-order valence-corrected chi connectivity index (χ0v) is 16.0. The number of ketones is 1. The number of rotatable bonds is 6. The lowest BCUT2D eigenvalue weighted by Crippen LogP contribution is -2.41. The average Bonchev–Trinajstić information content (AvgIpc) is 2.96. The van der Waals surface area contributed by atoms with Gasteiger partial charge in [0.25, 0.3) is 5.91 Å². The van der Waals surface area contributed by atoms with Crippen LogP contribution in [-0.2, 0) is 16.9 Å². The van der Waals surface area contributed by atoms with Crippen LogP contribution in [0.5, 0.6) is 5.75 Å². The summed E-state index contributed by atoms with van der Waals surface area (Å²) in [5.41, 5.74) is 0.522. The van der Waals surface area contributed by atoms with Crippen molar-refractivity contribution in [3.63, 3.8) is 0 Å². The maximum absolute atomic E-state index is 13.3. The predicted octanol–water partition coefficient (Wildman–Crippen LogP) is 3.70. The Balaban J connectivity index is 1.67. The van der Waals surface area contributed by atoms with Gasteiger partial charge < -0.3 is 14.7 Å². The van der Waals surface area contributed by atoms with Crippen LogP contribution in [0.1, 0.15) is 27.9 Å². The second-order valence-electron chi connectivity index (χ2n) is 7.09. The summed E-state index contributed by atoms with van der Waals surface area (Å²) in [6.45, 7) is 0.326. The number of anilines is 1. The van der Waals surface area contributed by atoms with E-state index in [1.807, 2.05) is 36.4 Å². The quantitative estimate of drug-likeness (QED) is 0.655. The molecule has 1 heterocycles. The first-order valence-electron chi connectivity index (χ1n) is 9.38. The molecule has 0 aliphatic carbocycles. The molecule has 0 radical (unpaired) electrons. The van der Waals surface area contributed by atoms with Crippen LogP contribution >= 0.6 is 0 Å². The second kappa shape index (κ2) is 7.53. The van der Waals surface area contributed by atoms with Crippen molar-refractivity contribution in [2.45, 2.75) is 18.6 Å². The molecule has 4 rings (SSSR count). The maximum Gasteiger partial charge on any atom is 0.264 e. The minimum Gasteiger partial charge on any atom is -0.497 e. The van der Waals surface area contributed by atoms with Crippen molar-refractivity contribution in [3.05, 3.63) is 95.6 Å². The molecule has 1 aliphatic heterocycles. The highest BCUT2D eigenvalue weighted by Gasteiger charge is 2.50. The Morgan fingerprint density at radius 2 is 1.72 bits per heavy atom. The fourth-order valence-corrected chi connectivity index (χ4v) is 3.73. The standard InChI is InChI=1S/C24H21NO4/c1-29-19-11-7-10-18(14-19)22(26)15-24(28)20-12-5-6-13-21(20)25(23(24)27)16-17-8-3-2-4-9-17/h2-14,28H,15-16H2,1H3/t24-/m0/s1. The second-order valence-corrected chi connectivity index (χ2v) is 7.09. The first-order chi connectivity index (χ1) is 14.0. The fraction of sp³-hybridized carbons (Fsp3) is 0.167. The number of nitrogens with zero attached hydrogens (tertiary/aromatic N) is 1. The zero-order chi connectivity index (χ0) is 20.4. The number of amides is 1. The van der Waals surface area contributed by atoms with Gasteiger partial charge in [0.05, 0.1) is 25.8 Å². The van der Waals surface area contributed by atoms with Gasteiger partial charge in [0.2, 0.25) is 0 Å². The van der Waals surface area contributed by atoms with Gasteiger partial charge >= 0.3 is 0 Å². The van der Waals surface area contributed by atoms with Gasteiger partial charge in [-0.15, -0.1) is 0 Å². The van der Waals surface area contributed by atoms with E-state index in [0.29, 0.717) is 29.1 Å². The highest BCUT2D eigenvalue weighted by atomic mass is 16.5. The lowest BCUT2D eigenvalue weighted by molar-refractivity contribution is -0.136. The molecule has 1 amide bonds. The highest BCUT2D eigenvalue weighted by Crippen LogP contribution is 2.43. The van der Waals surface area contributed by atoms with E-state index < -0.39 is 11.5 Å². The molecule has 0 saturated heterocycles. The molecule has 0 unspecified atom stereocenters. The Labute approximate surface area is 169 Å². The van der Waals surface area contributed by atoms with Gasteiger partial charge in [0, 0.05) is 11.1 Å². The van der Waals surface area contributed by atoms with Crippen molar-refractivity contribution in [1.82, 2.24) is 0 Å². The molecule has 0 spiro atoms. The number of ether oxygens (including phenoxy) is 1. The first-order valence-corrected chi connectivity index (χ1v) is 9.38. The van der Waals surface area contributed by atoms with E-state index in [2.05, 4.69) is 0 Å². The van der Waals surface area contributed by atoms with Crippen LogP contribution in [0, 0.1) is 0 Å². The zero-order valence-electron chi connectivity index (χ0n) is 16.0. The van der Waals surface area contributed by atoms with Crippen molar-refractivity contribution >= 4 is 17.4 Å². The number of hydrogen-bond acceptors (Lipinski definition) is 4. The summed E-state index contributed by atoms with van der Waals surface area (Å²) in [6.07, 6.45) is -0.332. The van der Waals surface area contributed by atoms with Crippen LogP contribution in [-0.4, -0.2) is 23.9 Å². The Bertz CT molecular complexity index is 1060. The van der Waals surface area contributed by atoms with Crippen molar-refractivity contribution in [2.24, 2.45) is 0 Å². The number of aliphatic hydroxyl groups is 1. The largest absolute Gasteiger partial charge is 0.497 e. The molecular formula is C24H21NO4. The molecule has 146 valence electrons. The van der Waals surface area contributed by atoms with Gasteiger partial charge in [-0.2, -0.15) is 0 Å². The summed E-state index contributed by atoms with van der Waals surface area (Å²) in [5.74, 6) is -0.262. The van der Waals surface area contributed by atoms with Crippen molar-refractivity contribution in [1.29, 1.82) is 0 Å². The van der Waals surface area contributed by atoms with Gasteiger partial charge in [-0.05, 0) is 23.8 Å². The molecule has 5 nitrogen and oxygen atoms in total. The van der Waals surface area contributed by atoms with Crippen molar-refractivity contribution < 1.29 is 19.4 Å². The van der Waals surface area contributed by atoms with Crippen LogP contribution in [0.25, 0.3) is 0 Å². The molecule has 5 heteroatoms. The van der Waals surface area contributed by atoms with Crippen molar-refractivity contribution in [2.75, 3.05) is 12.0 Å². The van der Waals surface area contributed by atoms with Crippen molar-refractivity contribution in [3.8, 4) is 5.75 Å². The Morgan fingerprint density at radius 1 is 1.00 bits per heavy atom. The lowest BCUT2D eigenvalue weighted by Gasteiger charge is -2.23. The van der Waals surface area contributed by atoms with Gasteiger partial charge in [-0.1, -0.05) is 60.7 Å². The molecule has 3 aromatic carbocycles. The Hall–Kier alpha value is -3.44. The number of fused-ring (bicyclic) bond motifs is 1. The third-order valence-corrected chi connectivity index (χ3v) is 5.23. The number of benzene rings is 3. The molecule has 1 aliphatic rings. The summed E-state index contributed by atoms with van der Waals surface area (Å²) in [6, 6.07) is 23.4. The lowest BCUT2D eigenvalue weighted by atomic mass is 9.88. The monoisotopic (exact) mass is 387 g/mol. The topological polar surface area (TPSA) is 66.8 Å². The third-order valence-electron chi connectivity index (χ3n) is 5.23. The molecule has 29 heavy (non-hydrogen) atoms. The normalized spacial score (nSPS) is 17.9.